The summed E-state index contributed by atoms with van der Waals surface area (Å²) in [5.41, 5.74) is 6.87. The van der Waals surface area contributed by atoms with Crippen LogP contribution in [0.1, 0.15) is 0 Å². The summed E-state index contributed by atoms with van der Waals surface area (Å²) in [5.74, 6) is 0.434. The van der Waals surface area contributed by atoms with E-state index in [0.29, 0.717) is 16.6 Å². The minimum atomic E-state index is 0.434. The van der Waals surface area contributed by atoms with E-state index in [1.165, 1.54) is 6.33 Å². The van der Waals surface area contributed by atoms with E-state index < -0.39 is 0 Å². The van der Waals surface area contributed by atoms with Crippen molar-refractivity contribution in [2.75, 3.05) is 5.73 Å². The monoisotopic (exact) mass is 195 g/mol. The van der Waals surface area contributed by atoms with Crippen molar-refractivity contribution in [2.45, 2.75) is 0 Å². The molecule has 1 heterocycles. The highest BCUT2D eigenvalue weighted by Crippen LogP contribution is 2.24. The fourth-order valence-corrected chi connectivity index (χ4v) is 1.09. The van der Waals surface area contributed by atoms with E-state index in [4.69, 9.17) is 21.9 Å². The standard InChI is InChI=1S/C8H6ClN3O/c9-6-2-1-5(3-7(6)10)8-11-4-12-13-8/h1-4H,10H2. The lowest BCUT2D eigenvalue weighted by molar-refractivity contribution is 0.430. The predicted octanol–water partition coefficient (Wildman–Crippen LogP) is 1.97. The van der Waals surface area contributed by atoms with Crippen LogP contribution in [0, 0.1) is 0 Å². The molecule has 0 saturated carbocycles. The van der Waals surface area contributed by atoms with Gasteiger partial charge in [-0.15, -0.1) is 0 Å². The first kappa shape index (κ1) is 8.07. The molecule has 13 heavy (non-hydrogen) atoms. The normalized spacial score (nSPS) is 10.2. The summed E-state index contributed by atoms with van der Waals surface area (Å²) in [5, 5.41) is 4.01. The van der Waals surface area contributed by atoms with Crippen LogP contribution in [0.2, 0.25) is 5.02 Å². The molecule has 0 atom stereocenters. The van der Waals surface area contributed by atoms with Gasteiger partial charge in [-0.25, -0.2) is 0 Å². The maximum atomic E-state index is 5.75. The Morgan fingerprint density at radius 1 is 1.38 bits per heavy atom. The van der Waals surface area contributed by atoms with E-state index in [2.05, 4.69) is 10.1 Å². The van der Waals surface area contributed by atoms with Crippen LogP contribution in [0.3, 0.4) is 0 Å². The maximum absolute atomic E-state index is 5.75. The van der Waals surface area contributed by atoms with Crippen LogP contribution in [0.4, 0.5) is 5.69 Å². The van der Waals surface area contributed by atoms with Gasteiger partial charge in [0.1, 0.15) is 0 Å². The van der Waals surface area contributed by atoms with E-state index in [-0.39, 0.29) is 0 Å². The van der Waals surface area contributed by atoms with E-state index in [0.717, 1.165) is 5.56 Å². The van der Waals surface area contributed by atoms with Gasteiger partial charge in [-0.2, -0.15) is 4.98 Å². The van der Waals surface area contributed by atoms with Crippen molar-refractivity contribution in [1.29, 1.82) is 0 Å². The molecule has 1 aromatic heterocycles. The van der Waals surface area contributed by atoms with E-state index in [1.54, 1.807) is 18.2 Å². The molecule has 0 unspecified atom stereocenters. The topological polar surface area (TPSA) is 64.9 Å². The maximum Gasteiger partial charge on any atom is 0.257 e. The highest BCUT2D eigenvalue weighted by atomic mass is 35.5. The molecule has 0 aliphatic carbocycles. The van der Waals surface area contributed by atoms with Crippen molar-refractivity contribution >= 4 is 17.3 Å². The molecule has 4 nitrogen and oxygen atoms in total. The predicted molar refractivity (Wildman–Crippen MR) is 49.2 cm³/mol. The second-order valence-electron chi connectivity index (χ2n) is 2.48. The van der Waals surface area contributed by atoms with Gasteiger partial charge in [0.2, 0.25) is 0 Å². The second-order valence-corrected chi connectivity index (χ2v) is 2.89. The number of nitrogen functional groups attached to an aromatic ring is 1. The summed E-state index contributed by atoms with van der Waals surface area (Å²) in [4.78, 5) is 3.88. The van der Waals surface area contributed by atoms with E-state index >= 15 is 0 Å². The summed E-state index contributed by atoms with van der Waals surface area (Å²) in [6, 6.07) is 5.15. The lowest BCUT2D eigenvalue weighted by Gasteiger charge is -1.98. The third kappa shape index (κ3) is 1.48. The minimum absolute atomic E-state index is 0.434. The molecular formula is C8H6ClN3O. The number of aromatic nitrogens is 2. The Balaban J connectivity index is 2.49. The van der Waals surface area contributed by atoms with Crippen LogP contribution in [-0.2, 0) is 0 Å². The Kier molecular flexibility index (Phi) is 1.90. The lowest BCUT2D eigenvalue weighted by atomic mass is 10.2. The molecule has 0 saturated heterocycles. The molecular weight excluding hydrogens is 190 g/mol. The van der Waals surface area contributed by atoms with Gasteiger partial charge in [0, 0.05) is 5.56 Å². The Morgan fingerprint density at radius 2 is 2.23 bits per heavy atom. The quantitative estimate of drug-likeness (QED) is 0.707. The van der Waals surface area contributed by atoms with Crippen molar-refractivity contribution in [3.63, 3.8) is 0 Å². The number of hydrogen-bond donors (Lipinski definition) is 1. The highest BCUT2D eigenvalue weighted by Gasteiger charge is 2.04. The summed E-state index contributed by atoms with van der Waals surface area (Å²) in [7, 11) is 0. The van der Waals surface area contributed by atoms with Gasteiger partial charge in [0.05, 0.1) is 10.7 Å². The number of nitrogens with zero attached hydrogens (tertiary/aromatic N) is 2. The number of rotatable bonds is 1. The first-order chi connectivity index (χ1) is 6.27. The average Bonchev–Trinajstić information content (AvgIpc) is 2.62. The van der Waals surface area contributed by atoms with Gasteiger partial charge in [-0.05, 0) is 18.2 Å². The van der Waals surface area contributed by atoms with E-state index in [9.17, 15) is 0 Å². The Bertz CT molecular complexity index is 413. The van der Waals surface area contributed by atoms with Gasteiger partial charge in [0.25, 0.3) is 5.89 Å². The Hall–Kier alpha value is -1.55. The van der Waals surface area contributed by atoms with Gasteiger partial charge < -0.3 is 10.3 Å². The first-order valence-corrected chi connectivity index (χ1v) is 3.97. The molecule has 5 heteroatoms. The molecule has 0 fully saturated rings. The molecule has 0 spiro atoms. The zero-order valence-electron chi connectivity index (χ0n) is 6.57. The fourth-order valence-electron chi connectivity index (χ4n) is 0.977. The van der Waals surface area contributed by atoms with Crippen molar-refractivity contribution < 1.29 is 4.52 Å². The minimum Gasteiger partial charge on any atom is -0.398 e. The van der Waals surface area contributed by atoms with Crippen LogP contribution < -0.4 is 5.73 Å². The van der Waals surface area contributed by atoms with Crippen LogP contribution >= 0.6 is 11.6 Å². The average molecular weight is 196 g/mol. The molecule has 0 radical (unpaired) electrons. The molecule has 2 rings (SSSR count). The van der Waals surface area contributed by atoms with Gasteiger partial charge in [-0.1, -0.05) is 16.8 Å². The summed E-state index contributed by atoms with van der Waals surface area (Å²) in [6.45, 7) is 0. The number of hydrogen-bond acceptors (Lipinski definition) is 4. The summed E-state index contributed by atoms with van der Waals surface area (Å²) >= 11 is 5.75. The highest BCUT2D eigenvalue weighted by molar-refractivity contribution is 6.33. The smallest absolute Gasteiger partial charge is 0.257 e. The third-order valence-electron chi connectivity index (χ3n) is 1.60. The molecule has 0 bridgehead atoms. The fraction of sp³-hybridized carbons (Fsp3) is 0. The number of halogens is 1. The number of benzene rings is 1. The summed E-state index contributed by atoms with van der Waals surface area (Å²) in [6.07, 6.45) is 1.33. The van der Waals surface area contributed by atoms with Crippen molar-refractivity contribution in [3.8, 4) is 11.5 Å². The van der Waals surface area contributed by atoms with Gasteiger partial charge >= 0.3 is 0 Å². The molecule has 1 aromatic carbocycles. The second kappa shape index (κ2) is 3.06. The molecule has 0 aliphatic rings. The van der Waals surface area contributed by atoms with E-state index in [1.807, 2.05) is 0 Å². The molecule has 2 N–H and O–H groups in total. The molecule has 0 aliphatic heterocycles. The van der Waals surface area contributed by atoms with Crippen molar-refractivity contribution in [1.82, 2.24) is 10.1 Å². The number of anilines is 1. The van der Waals surface area contributed by atoms with Crippen molar-refractivity contribution in [3.05, 3.63) is 29.5 Å². The third-order valence-corrected chi connectivity index (χ3v) is 1.95. The molecule has 66 valence electrons. The first-order valence-electron chi connectivity index (χ1n) is 3.59. The number of nitrogens with two attached hydrogens (primary N) is 1. The van der Waals surface area contributed by atoms with Gasteiger partial charge in [0.15, 0.2) is 6.33 Å². The van der Waals surface area contributed by atoms with Gasteiger partial charge in [-0.3, -0.25) is 0 Å². The summed E-state index contributed by atoms with van der Waals surface area (Å²) < 4.78 is 4.85. The van der Waals surface area contributed by atoms with Crippen LogP contribution in [0.5, 0.6) is 0 Å². The van der Waals surface area contributed by atoms with Crippen LogP contribution in [-0.4, -0.2) is 10.1 Å². The van der Waals surface area contributed by atoms with Crippen LogP contribution in [0.15, 0.2) is 29.0 Å². The molecule has 2 aromatic rings. The molecule has 0 amide bonds. The van der Waals surface area contributed by atoms with Crippen molar-refractivity contribution in [2.24, 2.45) is 0 Å². The van der Waals surface area contributed by atoms with Crippen LogP contribution in [0.25, 0.3) is 11.5 Å². The largest absolute Gasteiger partial charge is 0.398 e. The lowest BCUT2D eigenvalue weighted by Crippen LogP contribution is -1.87. The Labute approximate surface area is 79.3 Å². The Morgan fingerprint density at radius 3 is 2.85 bits per heavy atom. The zero-order valence-corrected chi connectivity index (χ0v) is 7.32. The zero-order chi connectivity index (χ0) is 9.26. The SMILES string of the molecule is Nc1cc(-c2ncno2)ccc1Cl.